The van der Waals surface area contributed by atoms with Crippen molar-refractivity contribution in [3.05, 3.63) is 53.9 Å². The van der Waals surface area contributed by atoms with Gasteiger partial charge in [-0.25, -0.2) is 0 Å². The maximum atomic E-state index is 10.9. The number of hydrogen-bond acceptors (Lipinski definition) is 4. The number of benzene rings is 1. The van der Waals surface area contributed by atoms with Gasteiger partial charge < -0.3 is 9.47 Å². The normalized spacial score (nSPS) is 9.83. The van der Waals surface area contributed by atoms with Crippen molar-refractivity contribution in [3.8, 4) is 11.5 Å². The number of aromatic nitrogens is 1. The highest BCUT2D eigenvalue weighted by Crippen LogP contribution is 2.24. The van der Waals surface area contributed by atoms with E-state index in [9.17, 15) is 4.79 Å². The smallest absolute Gasteiger partial charge is 0.153 e. The molecule has 0 N–H and O–H groups in total. The Morgan fingerprint density at radius 2 is 2.00 bits per heavy atom. The molecule has 0 fully saturated rings. The Morgan fingerprint density at radius 1 is 1.22 bits per heavy atom. The topological polar surface area (TPSA) is 48.4 Å². The van der Waals surface area contributed by atoms with Crippen molar-refractivity contribution in [2.75, 3.05) is 7.11 Å². The van der Waals surface area contributed by atoms with Crippen molar-refractivity contribution in [2.45, 2.75) is 6.61 Å². The van der Waals surface area contributed by atoms with E-state index in [1.165, 1.54) is 0 Å². The molecule has 4 nitrogen and oxygen atoms in total. The Morgan fingerprint density at radius 3 is 2.67 bits per heavy atom. The van der Waals surface area contributed by atoms with Crippen LogP contribution in [0.4, 0.5) is 0 Å². The van der Waals surface area contributed by atoms with Crippen LogP contribution >= 0.6 is 0 Å². The van der Waals surface area contributed by atoms with E-state index in [1.807, 2.05) is 12.1 Å². The number of carbonyl (C=O) groups excluding carboxylic acids is 1. The molecule has 2 rings (SSSR count). The molecule has 4 heteroatoms. The van der Waals surface area contributed by atoms with Gasteiger partial charge in [-0.05, 0) is 29.8 Å². The fourth-order valence-corrected chi connectivity index (χ4v) is 1.50. The molecule has 0 aliphatic heterocycles. The predicted molar refractivity (Wildman–Crippen MR) is 67.0 cm³/mol. The van der Waals surface area contributed by atoms with Gasteiger partial charge in [0.1, 0.15) is 18.1 Å². The van der Waals surface area contributed by atoms with Crippen LogP contribution in [-0.2, 0) is 6.61 Å². The molecule has 2 aromatic rings. The lowest BCUT2D eigenvalue weighted by Gasteiger charge is -2.09. The van der Waals surface area contributed by atoms with Crippen LogP contribution in [-0.4, -0.2) is 18.4 Å². The molecule has 0 unspecified atom stereocenters. The summed E-state index contributed by atoms with van der Waals surface area (Å²) >= 11 is 0. The van der Waals surface area contributed by atoms with Crippen molar-refractivity contribution in [1.82, 2.24) is 4.98 Å². The lowest BCUT2D eigenvalue weighted by molar-refractivity contribution is 0.111. The van der Waals surface area contributed by atoms with Gasteiger partial charge in [-0.2, -0.15) is 0 Å². The SMILES string of the molecule is COc1ccc(C=O)c(OCc2ccncc2)c1. The molecule has 0 aliphatic carbocycles. The van der Waals surface area contributed by atoms with Gasteiger partial charge in [0, 0.05) is 18.5 Å². The third-order valence-corrected chi connectivity index (χ3v) is 2.49. The van der Waals surface area contributed by atoms with E-state index >= 15 is 0 Å². The van der Waals surface area contributed by atoms with Gasteiger partial charge in [-0.1, -0.05) is 0 Å². The summed E-state index contributed by atoms with van der Waals surface area (Å²) in [6.07, 6.45) is 4.16. The number of hydrogen-bond donors (Lipinski definition) is 0. The molecular weight excluding hydrogens is 230 g/mol. The molecule has 1 heterocycles. The number of carbonyl (C=O) groups is 1. The van der Waals surface area contributed by atoms with Crippen molar-refractivity contribution in [3.63, 3.8) is 0 Å². The van der Waals surface area contributed by atoms with Crippen LogP contribution in [0.25, 0.3) is 0 Å². The summed E-state index contributed by atoms with van der Waals surface area (Å²) in [5.41, 5.74) is 1.49. The Labute approximate surface area is 105 Å². The quantitative estimate of drug-likeness (QED) is 0.757. The molecule has 1 aromatic carbocycles. The Hall–Kier alpha value is -2.36. The molecule has 18 heavy (non-hydrogen) atoms. The van der Waals surface area contributed by atoms with Crippen LogP contribution in [0.1, 0.15) is 15.9 Å². The summed E-state index contributed by atoms with van der Waals surface area (Å²) in [6.45, 7) is 0.385. The molecule has 0 radical (unpaired) electrons. The fraction of sp³-hybridized carbons (Fsp3) is 0.143. The maximum Gasteiger partial charge on any atom is 0.153 e. The summed E-state index contributed by atoms with van der Waals surface area (Å²) in [5.74, 6) is 1.17. The number of ether oxygens (including phenoxy) is 2. The van der Waals surface area contributed by atoms with Gasteiger partial charge in [-0.15, -0.1) is 0 Å². The largest absolute Gasteiger partial charge is 0.497 e. The summed E-state index contributed by atoms with van der Waals surface area (Å²) in [7, 11) is 1.57. The zero-order chi connectivity index (χ0) is 12.8. The molecular formula is C14H13NO3. The second-order valence-corrected chi connectivity index (χ2v) is 3.67. The Balaban J connectivity index is 2.15. The van der Waals surface area contributed by atoms with Crippen LogP contribution in [0.2, 0.25) is 0 Å². The third kappa shape index (κ3) is 2.85. The number of nitrogens with zero attached hydrogens (tertiary/aromatic N) is 1. The Kier molecular flexibility index (Phi) is 3.91. The fourth-order valence-electron chi connectivity index (χ4n) is 1.50. The van der Waals surface area contributed by atoms with E-state index in [1.54, 1.807) is 37.7 Å². The first-order chi connectivity index (χ1) is 8.83. The van der Waals surface area contributed by atoms with Crippen LogP contribution in [0, 0.1) is 0 Å². The summed E-state index contributed by atoms with van der Waals surface area (Å²) in [4.78, 5) is 14.8. The zero-order valence-electron chi connectivity index (χ0n) is 10.00. The predicted octanol–water partition coefficient (Wildman–Crippen LogP) is 2.48. The number of rotatable bonds is 5. The average molecular weight is 243 g/mol. The minimum Gasteiger partial charge on any atom is -0.497 e. The standard InChI is InChI=1S/C14H13NO3/c1-17-13-3-2-12(9-16)14(8-13)18-10-11-4-6-15-7-5-11/h2-9H,10H2,1H3. The lowest BCUT2D eigenvalue weighted by Crippen LogP contribution is -1.99. The lowest BCUT2D eigenvalue weighted by atomic mass is 10.2. The van der Waals surface area contributed by atoms with E-state index < -0.39 is 0 Å². The van der Waals surface area contributed by atoms with Gasteiger partial charge in [0.05, 0.1) is 12.7 Å². The second kappa shape index (κ2) is 5.82. The van der Waals surface area contributed by atoms with Crippen LogP contribution in [0.3, 0.4) is 0 Å². The third-order valence-electron chi connectivity index (χ3n) is 2.49. The summed E-state index contributed by atoms with van der Waals surface area (Å²) < 4.78 is 10.7. The van der Waals surface area contributed by atoms with E-state index in [0.717, 1.165) is 11.8 Å². The van der Waals surface area contributed by atoms with Gasteiger partial charge in [-0.3, -0.25) is 9.78 Å². The first-order valence-electron chi connectivity index (χ1n) is 5.48. The van der Waals surface area contributed by atoms with Crippen molar-refractivity contribution in [1.29, 1.82) is 0 Å². The van der Waals surface area contributed by atoms with Crippen LogP contribution < -0.4 is 9.47 Å². The highest BCUT2D eigenvalue weighted by molar-refractivity contribution is 5.79. The monoisotopic (exact) mass is 243 g/mol. The van der Waals surface area contributed by atoms with Gasteiger partial charge in [0.15, 0.2) is 6.29 Å². The van der Waals surface area contributed by atoms with Gasteiger partial charge >= 0.3 is 0 Å². The summed E-state index contributed by atoms with van der Waals surface area (Å²) in [6, 6.07) is 8.82. The minimum atomic E-state index is 0.385. The molecule has 92 valence electrons. The van der Waals surface area contributed by atoms with Gasteiger partial charge in [0.2, 0.25) is 0 Å². The van der Waals surface area contributed by atoms with Crippen molar-refractivity contribution < 1.29 is 14.3 Å². The van der Waals surface area contributed by atoms with E-state index in [4.69, 9.17) is 9.47 Å². The molecule has 0 bridgehead atoms. The van der Waals surface area contributed by atoms with Crippen molar-refractivity contribution in [2.24, 2.45) is 0 Å². The maximum absolute atomic E-state index is 10.9. The van der Waals surface area contributed by atoms with E-state index in [2.05, 4.69) is 4.98 Å². The van der Waals surface area contributed by atoms with Crippen molar-refractivity contribution >= 4 is 6.29 Å². The second-order valence-electron chi connectivity index (χ2n) is 3.67. The van der Waals surface area contributed by atoms with Crippen LogP contribution in [0.5, 0.6) is 11.5 Å². The van der Waals surface area contributed by atoms with Crippen LogP contribution in [0.15, 0.2) is 42.7 Å². The van der Waals surface area contributed by atoms with E-state index in [-0.39, 0.29) is 0 Å². The Bertz CT molecular complexity index is 526. The number of methoxy groups -OCH3 is 1. The molecule has 0 aliphatic rings. The highest BCUT2D eigenvalue weighted by atomic mass is 16.5. The first-order valence-corrected chi connectivity index (χ1v) is 5.48. The molecule has 0 spiro atoms. The summed E-state index contributed by atoms with van der Waals surface area (Å²) in [5, 5.41) is 0. The van der Waals surface area contributed by atoms with Gasteiger partial charge in [0.25, 0.3) is 0 Å². The number of pyridine rings is 1. The molecule has 1 aromatic heterocycles. The average Bonchev–Trinajstić information content (AvgIpc) is 2.45. The molecule has 0 saturated carbocycles. The molecule has 0 amide bonds. The highest BCUT2D eigenvalue weighted by Gasteiger charge is 2.05. The number of aldehydes is 1. The molecule has 0 atom stereocenters. The zero-order valence-corrected chi connectivity index (χ0v) is 10.00. The van der Waals surface area contributed by atoms with E-state index in [0.29, 0.717) is 23.7 Å². The minimum absolute atomic E-state index is 0.385. The molecule has 0 saturated heterocycles. The first kappa shape index (κ1) is 12.1.